The number of carbonyl (C=O) groups is 2. The zero-order valence-corrected chi connectivity index (χ0v) is 13.7. The van der Waals surface area contributed by atoms with Crippen LogP contribution in [-0.4, -0.2) is 46.5 Å². The predicted octanol–water partition coefficient (Wildman–Crippen LogP) is 2.16. The molecule has 1 aromatic heterocycles. The molecular weight excluding hydrogens is 325 g/mol. The summed E-state index contributed by atoms with van der Waals surface area (Å²) in [6.45, 7) is 0.831. The zero-order chi connectivity index (χ0) is 18.0. The molecule has 130 valence electrons. The largest absolute Gasteiger partial charge is 0.478 e. The van der Waals surface area contributed by atoms with Crippen LogP contribution in [0.2, 0.25) is 0 Å². The minimum absolute atomic E-state index is 0.108. The fourth-order valence-corrected chi connectivity index (χ4v) is 3.07. The third-order valence-electron chi connectivity index (χ3n) is 4.33. The molecule has 6 nitrogen and oxygen atoms in total. The van der Waals surface area contributed by atoms with Crippen LogP contribution >= 0.6 is 0 Å². The minimum atomic E-state index is -1.04. The van der Waals surface area contributed by atoms with E-state index in [2.05, 4.69) is 4.98 Å². The number of rotatable bonds is 5. The van der Waals surface area contributed by atoms with Gasteiger partial charge in [-0.05, 0) is 37.2 Å². The molecule has 2 heterocycles. The van der Waals surface area contributed by atoms with E-state index in [1.807, 2.05) is 4.90 Å². The van der Waals surface area contributed by atoms with Gasteiger partial charge in [0.2, 0.25) is 5.91 Å². The van der Waals surface area contributed by atoms with Crippen LogP contribution in [-0.2, 0) is 11.3 Å². The Morgan fingerprint density at radius 1 is 1.40 bits per heavy atom. The molecule has 1 amide bonds. The first-order valence-corrected chi connectivity index (χ1v) is 7.90. The number of benzene rings is 1. The summed E-state index contributed by atoms with van der Waals surface area (Å²) in [5, 5.41) is 9.03. The van der Waals surface area contributed by atoms with Crippen molar-refractivity contribution in [3.05, 3.63) is 59.7 Å². The molecule has 1 saturated heterocycles. The quantitative estimate of drug-likeness (QED) is 0.900. The normalized spacial score (nSPS) is 17.3. The molecule has 1 N–H and O–H groups in total. The Hall–Kier alpha value is -2.80. The highest BCUT2D eigenvalue weighted by Gasteiger charge is 2.36. The Labute approximate surface area is 144 Å². The Balaban J connectivity index is 1.72. The Kier molecular flexibility index (Phi) is 4.76. The molecule has 1 fully saturated rings. The smallest absolute Gasteiger partial charge is 0.337 e. The van der Waals surface area contributed by atoms with Gasteiger partial charge in [0.1, 0.15) is 5.82 Å². The van der Waals surface area contributed by atoms with Gasteiger partial charge in [-0.1, -0.05) is 12.1 Å². The van der Waals surface area contributed by atoms with Crippen molar-refractivity contribution in [2.75, 3.05) is 18.5 Å². The molecule has 0 aliphatic carbocycles. The molecule has 3 rings (SSSR count). The number of carboxylic acids is 1. The monoisotopic (exact) mass is 343 g/mol. The highest BCUT2D eigenvalue weighted by atomic mass is 19.1. The second-order valence-electron chi connectivity index (χ2n) is 6.05. The van der Waals surface area contributed by atoms with Crippen LogP contribution in [0.3, 0.4) is 0 Å². The summed E-state index contributed by atoms with van der Waals surface area (Å²) in [5.74, 6) is -1.62. The lowest BCUT2D eigenvalue weighted by molar-refractivity contribution is -0.121. The van der Waals surface area contributed by atoms with Gasteiger partial charge in [-0.3, -0.25) is 14.7 Å². The number of para-hydroxylation sites is 1. The van der Waals surface area contributed by atoms with Gasteiger partial charge in [0, 0.05) is 25.5 Å². The van der Waals surface area contributed by atoms with E-state index < -0.39 is 11.8 Å². The number of likely N-dealkylation sites (N-methyl/N-ethyl adjacent to an activating group) is 1. The molecule has 0 bridgehead atoms. The maximum atomic E-state index is 13.9. The van der Waals surface area contributed by atoms with Crippen molar-refractivity contribution in [3.8, 4) is 0 Å². The van der Waals surface area contributed by atoms with Gasteiger partial charge in [-0.2, -0.15) is 0 Å². The van der Waals surface area contributed by atoms with Crippen molar-refractivity contribution in [1.29, 1.82) is 0 Å². The van der Waals surface area contributed by atoms with Crippen molar-refractivity contribution >= 4 is 17.6 Å². The fourth-order valence-electron chi connectivity index (χ4n) is 3.07. The summed E-state index contributed by atoms with van der Waals surface area (Å²) in [4.78, 5) is 30.9. The number of anilines is 1. The standard InChI is InChI=1S/C18H18FN3O3/c1-21(11-12-8-13(18(24)25)10-20-9-12)16-6-7-22(17(16)23)15-5-3-2-4-14(15)19/h2-5,8-10,16H,6-7,11H2,1H3,(H,24,25). The van der Waals surface area contributed by atoms with Crippen molar-refractivity contribution in [1.82, 2.24) is 9.88 Å². The SMILES string of the molecule is CN(Cc1cncc(C(=O)O)c1)C1CCN(c2ccccc2F)C1=O. The molecule has 0 radical (unpaired) electrons. The summed E-state index contributed by atoms with van der Waals surface area (Å²) in [5.41, 5.74) is 1.11. The van der Waals surface area contributed by atoms with Gasteiger partial charge in [0.05, 0.1) is 17.3 Å². The van der Waals surface area contributed by atoms with Crippen molar-refractivity contribution in [3.63, 3.8) is 0 Å². The third kappa shape index (κ3) is 3.51. The number of carbonyl (C=O) groups excluding carboxylic acids is 1. The summed E-state index contributed by atoms with van der Waals surface area (Å²) < 4.78 is 13.9. The second kappa shape index (κ2) is 6.98. The topological polar surface area (TPSA) is 73.7 Å². The molecule has 1 atom stereocenters. The lowest BCUT2D eigenvalue weighted by atomic mass is 10.1. The zero-order valence-electron chi connectivity index (χ0n) is 13.7. The van der Waals surface area contributed by atoms with Gasteiger partial charge >= 0.3 is 5.97 Å². The van der Waals surface area contributed by atoms with Gasteiger partial charge in [0.25, 0.3) is 0 Å². The Bertz CT molecular complexity index is 812. The number of aromatic carboxylic acids is 1. The van der Waals surface area contributed by atoms with Crippen LogP contribution in [0.1, 0.15) is 22.3 Å². The van der Waals surface area contributed by atoms with E-state index >= 15 is 0 Å². The first-order chi connectivity index (χ1) is 12.0. The van der Waals surface area contributed by atoms with E-state index in [1.165, 1.54) is 17.2 Å². The van der Waals surface area contributed by atoms with Gasteiger partial charge in [-0.15, -0.1) is 0 Å². The lowest BCUT2D eigenvalue weighted by Crippen LogP contribution is -2.39. The average molecular weight is 343 g/mol. The average Bonchev–Trinajstić information content (AvgIpc) is 2.97. The highest BCUT2D eigenvalue weighted by Crippen LogP contribution is 2.26. The third-order valence-corrected chi connectivity index (χ3v) is 4.33. The van der Waals surface area contributed by atoms with Gasteiger partial charge in [-0.25, -0.2) is 9.18 Å². The molecule has 25 heavy (non-hydrogen) atoms. The molecule has 1 aliphatic heterocycles. The molecule has 1 unspecified atom stereocenters. The molecular formula is C18H18FN3O3. The van der Waals surface area contributed by atoms with Gasteiger partial charge < -0.3 is 10.0 Å². The highest BCUT2D eigenvalue weighted by molar-refractivity contribution is 5.99. The number of halogens is 1. The Morgan fingerprint density at radius 3 is 2.88 bits per heavy atom. The number of hydrogen-bond acceptors (Lipinski definition) is 4. The number of nitrogens with zero attached hydrogens (tertiary/aromatic N) is 3. The van der Waals surface area contributed by atoms with E-state index in [0.717, 1.165) is 0 Å². The fraction of sp³-hybridized carbons (Fsp3) is 0.278. The molecule has 0 spiro atoms. The second-order valence-corrected chi connectivity index (χ2v) is 6.05. The van der Waals surface area contributed by atoms with Crippen LogP contribution in [0.4, 0.5) is 10.1 Å². The van der Waals surface area contributed by atoms with Crippen LogP contribution in [0.25, 0.3) is 0 Å². The number of amides is 1. The molecule has 7 heteroatoms. The Morgan fingerprint density at radius 2 is 2.16 bits per heavy atom. The van der Waals surface area contributed by atoms with E-state index in [9.17, 15) is 14.0 Å². The predicted molar refractivity (Wildman–Crippen MR) is 89.8 cm³/mol. The maximum absolute atomic E-state index is 13.9. The van der Waals surface area contributed by atoms with Crippen LogP contribution < -0.4 is 4.90 Å². The van der Waals surface area contributed by atoms with E-state index in [-0.39, 0.29) is 23.2 Å². The minimum Gasteiger partial charge on any atom is -0.478 e. The first-order valence-electron chi connectivity index (χ1n) is 7.90. The maximum Gasteiger partial charge on any atom is 0.337 e. The van der Waals surface area contributed by atoms with Crippen LogP contribution in [0.15, 0.2) is 42.7 Å². The lowest BCUT2D eigenvalue weighted by Gasteiger charge is -2.24. The van der Waals surface area contributed by atoms with Crippen LogP contribution in [0, 0.1) is 5.82 Å². The van der Waals surface area contributed by atoms with Crippen molar-refractivity contribution in [2.45, 2.75) is 19.0 Å². The molecule has 1 aliphatic rings. The number of pyridine rings is 1. The van der Waals surface area contributed by atoms with E-state index in [0.29, 0.717) is 25.1 Å². The summed E-state index contributed by atoms with van der Waals surface area (Å²) in [6, 6.07) is 7.38. The number of carboxylic acid groups (broad SMARTS) is 1. The molecule has 2 aromatic rings. The number of aromatic nitrogens is 1. The van der Waals surface area contributed by atoms with Crippen LogP contribution in [0.5, 0.6) is 0 Å². The summed E-state index contributed by atoms with van der Waals surface area (Å²) in [6.07, 6.45) is 3.44. The molecule has 1 aromatic carbocycles. The van der Waals surface area contributed by atoms with Crippen molar-refractivity contribution < 1.29 is 19.1 Å². The molecule has 0 saturated carbocycles. The summed E-state index contributed by atoms with van der Waals surface area (Å²) in [7, 11) is 1.79. The number of hydrogen-bond donors (Lipinski definition) is 1. The van der Waals surface area contributed by atoms with Crippen molar-refractivity contribution in [2.24, 2.45) is 0 Å². The first kappa shape index (κ1) is 17.0. The van der Waals surface area contributed by atoms with E-state index in [1.54, 1.807) is 37.5 Å². The summed E-state index contributed by atoms with van der Waals surface area (Å²) >= 11 is 0. The van der Waals surface area contributed by atoms with E-state index in [4.69, 9.17) is 5.11 Å². The van der Waals surface area contributed by atoms with Gasteiger partial charge in [0.15, 0.2) is 0 Å².